The molecule has 1 aliphatic heterocycles. The van der Waals surface area contributed by atoms with E-state index in [0.717, 1.165) is 45.5 Å². The van der Waals surface area contributed by atoms with E-state index in [0.29, 0.717) is 43.4 Å². The average Bonchev–Trinajstić information content (AvgIpc) is 3.55. The number of rotatable bonds is 24. The quantitative estimate of drug-likeness (QED) is 0.0215. The van der Waals surface area contributed by atoms with Crippen LogP contribution in [0.15, 0.2) is 83.0 Å². The molecule has 0 amide bonds. The minimum atomic E-state index is -4.75. The topological polar surface area (TPSA) is 258 Å². The summed E-state index contributed by atoms with van der Waals surface area (Å²) < 4.78 is 140. The normalized spacial score (nSPS) is 20.5. The van der Waals surface area contributed by atoms with E-state index < -0.39 is 79.0 Å². The molecule has 2 aromatic carbocycles. The molecule has 3 atom stereocenters. The van der Waals surface area contributed by atoms with Crippen LogP contribution in [0.25, 0.3) is 5.57 Å². The van der Waals surface area contributed by atoms with Gasteiger partial charge in [0.1, 0.15) is 0 Å². The lowest BCUT2D eigenvalue weighted by Gasteiger charge is -2.34. The number of unbranched alkanes of at least 4 members (excludes halogenated alkanes) is 3. The predicted molar refractivity (Wildman–Crippen MR) is 277 cm³/mol. The van der Waals surface area contributed by atoms with E-state index in [2.05, 4.69) is 80.8 Å². The molecule has 0 fully saturated rings. The van der Waals surface area contributed by atoms with Crippen LogP contribution >= 0.6 is 67.8 Å². The van der Waals surface area contributed by atoms with Gasteiger partial charge in [0.2, 0.25) is 0 Å². The molecule has 65 heavy (non-hydrogen) atoms. The maximum atomic E-state index is 13.0. The predicted octanol–water partition coefficient (Wildman–Crippen LogP) is 9.88. The zero-order valence-corrected chi connectivity index (χ0v) is 45.7. The van der Waals surface area contributed by atoms with E-state index in [1.807, 2.05) is 12.2 Å². The standard InChI is InChI=1S/C43H54I3NO14S4/c1-4-16-37(65(59,60)61)47-35-22-21-29(64(56,57)58)27-33(35)42(2,23-13-14-25-62(50,51)52)36(47)19-10-7-5-6-9-18-32-30(17-15-26-63(53,54)55)31-28-34(44)40(45)41(46)39(31)43(32,3)24-12-8-11-20-38(48)49/h5-7,9-10,18-19,21-22,27-28,37H,4,8,11-17,20,23-26H2,1-3H3,(H,48,49)(H,50,51,52)(H,53,54,55)(H,56,57,58)(H,59,60,61)/b6-5+,10-7+,18-9+,36-19-. The van der Waals surface area contributed by atoms with E-state index in [9.17, 15) is 61.8 Å². The third-order valence-corrected chi connectivity index (χ3v) is 20.5. The van der Waals surface area contributed by atoms with E-state index in [1.165, 1.54) is 17.0 Å². The van der Waals surface area contributed by atoms with Gasteiger partial charge in [0.25, 0.3) is 40.5 Å². The van der Waals surface area contributed by atoms with Gasteiger partial charge in [-0.3, -0.25) is 23.0 Å². The molecule has 0 radical (unpaired) electrons. The van der Waals surface area contributed by atoms with E-state index >= 15 is 0 Å². The number of carboxylic acid groups (broad SMARTS) is 1. The van der Waals surface area contributed by atoms with Crippen molar-refractivity contribution in [3.8, 4) is 0 Å². The fourth-order valence-electron chi connectivity index (χ4n) is 8.77. The largest absolute Gasteiger partial charge is 0.481 e. The Morgan fingerprint density at radius 2 is 1.35 bits per heavy atom. The summed E-state index contributed by atoms with van der Waals surface area (Å²) in [6, 6.07) is 5.83. The molecule has 0 bridgehead atoms. The van der Waals surface area contributed by atoms with Crippen molar-refractivity contribution < 1.29 is 61.8 Å². The number of carboxylic acids is 1. The summed E-state index contributed by atoms with van der Waals surface area (Å²) in [5.74, 6) is -1.81. The number of anilines is 1. The second kappa shape index (κ2) is 22.8. The molecule has 1 heterocycles. The third-order valence-electron chi connectivity index (χ3n) is 11.8. The molecule has 0 aromatic heterocycles. The zero-order chi connectivity index (χ0) is 48.8. The number of halogens is 3. The van der Waals surface area contributed by atoms with Gasteiger partial charge in [-0.25, -0.2) is 0 Å². The van der Waals surface area contributed by atoms with Crippen LogP contribution < -0.4 is 4.90 Å². The lowest BCUT2D eigenvalue weighted by atomic mass is 9.74. The summed E-state index contributed by atoms with van der Waals surface area (Å²) in [7, 11) is -18.0. The summed E-state index contributed by atoms with van der Waals surface area (Å²) in [5, 5.41) is 7.72. The van der Waals surface area contributed by atoms with Crippen LogP contribution in [0.2, 0.25) is 0 Å². The zero-order valence-electron chi connectivity index (χ0n) is 36.0. The Balaban J connectivity index is 1.81. The first-order valence-corrected chi connectivity index (χ1v) is 30.1. The average molecular weight is 1320 g/mol. The summed E-state index contributed by atoms with van der Waals surface area (Å²) in [5.41, 5.74) is 3.26. The molecule has 2 aliphatic rings. The van der Waals surface area contributed by atoms with Gasteiger partial charge in [-0.2, -0.15) is 33.7 Å². The molecular formula is C43H54I3NO14S4. The maximum absolute atomic E-state index is 13.0. The van der Waals surface area contributed by atoms with Crippen molar-refractivity contribution in [1.82, 2.24) is 0 Å². The number of hydrogen-bond donors (Lipinski definition) is 5. The van der Waals surface area contributed by atoms with Crippen LogP contribution in [0.1, 0.15) is 115 Å². The van der Waals surface area contributed by atoms with Crippen LogP contribution in [0.3, 0.4) is 0 Å². The fourth-order valence-corrected chi connectivity index (χ4v) is 14.1. The molecule has 22 heteroatoms. The summed E-state index contributed by atoms with van der Waals surface area (Å²) >= 11 is 6.95. The Bertz CT molecular complexity index is 2750. The summed E-state index contributed by atoms with van der Waals surface area (Å²) in [6.45, 7) is 5.61. The molecule has 2 aromatic rings. The van der Waals surface area contributed by atoms with Gasteiger partial charge in [-0.05, 0) is 178 Å². The number of benzene rings is 2. The maximum Gasteiger partial charge on any atom is 0.303 e. The Morgan fingerprint density at radius 3 is 1.95 bits per heavy atom. The second-order valence-electron chi connectivity index (χ2n) is 16.5. The summed E-state index contributed by atoms with van der Waals surface area (Å²) in [6.07, 6.45) is 16.3. The van der Waals surface area contributed by atoms with Gasteiger partial charge in [0.15, 0.2) is 5.37 Å². The SMILES string of the molecule is CCCC(N1\C(=C/C=C/C=C/C=C/C2=C(CCCS(=O)(=O)O)c3cc(I)c(I)c(I)c3C2(C)CCCCCC(=O)O)C(C)(CCCCS(=O)(=O)O)c2cc(S(=O)(=O)O)ccc21)S(=O)(=O)O. The Hall–Kier alpha value is -1.76. The third kappa shape index (κ3) is 14.4. The molecule has 0 spiro atoms. The van der Waals surface area contributed by atoms with Gasteiger partial charge >= 0.3 is 5.97 Å². The molecule has 1 aliphatic carbocycles. The van der Waals surface area contributed by atoms with Crippen LogP contribution in [-0.2, 0) is 56.1 Å². The molecule has 15 nitrogen and oxygen atoms in total. The highest BCUT2D eigenvalue weighted by Crippen LogP contribution is 2.55. The van der Waals surface area contributed by atoms with Crippen molar-refractivity contribution in [2.75, 3.05) is 16.4 Å². The van der Waals surface area contributed by atoms with Gasteiger partial charge in [0.05, 0.1) is 16.4 Å². The van der Waals surface area contributed by atoms with Crippen LogP contribution in [0.4, 0.5) is 5.69 Å². The first kappa shape index (κ1) is 55.8. The molecule has 360 valence electrons. The number of aliphatic carboxylic acids is 1. The lowest BCUT2D eigenvalue weighted by Crippen LogP contribution is -2.41. The minimum Gasteiger partial charge on any atom is -0.481 e. The van der Waals surface area contributed by atoms with E-state index in [1.54, 1.807) is 44.2 Å². The van der Waals surface area contributed by atoms with Crippen molar-refractivity contribution in [2.45, 2.75) is 119 Å². The van der Waals surface area contributed by atoms with Gasteiger partial charge < -0.3 is 10.0 Å². The monoisotopic (exact) mass is 1320 g/mol. The van der Waals surface area contributed by atoms with Crippen LogP contribution in [0, 0.1) is 10.7 Å². The smallest absolute Gasteiger partial charge is 0.303 e. The number of hydrogen-bond acceptors (Lipinski definition) is 10. The number of nitrogens with zero attached hydrogens (tertiary/aromatic N) is 1. The van der Waals surface area contributed by atoms with Crippen molar-refractivity contribution >= 4 is 125 Å². The molecular weight excluding hydrogens is 1260 g/mol. The fraction of sp³-hybridized carbons (Fsp3) is 0.465. The number of fused-ring (bicyclic) bond motifs is 2. The number of carbonyl (C=O) groups is 1. The minimum absolute atomic E-state index is 0.0148. The molecule has 4 rings (SSSR count). The molecule has 3 unspecified atom stereocenters. The van der Waals surface area contributed by atoms with Crippen molar-refractivity contribution in [1.29, 1.82) is 0 Å². The first-order chi connectivity index (χ1) is 30.1. The van der Waals surface area contributed by atoms with Crippen molar-refractivity contribution in [3.05, 3.63) is 105 Å². The molecule has 0 saturated heterocycles. The Kier molecular flexibility index (Phi) is 19.6. The Morgan fingerprint density at radius 1 is 0.754 bits per heavy atom. The van der Waals surface area contributed by atoms with Gasteiger partial charge in [0, 0.05) is 39.3 Å². The van der Waals surface area contributed by atoms with Crippen molar-refractivity contribution in [3.63, 3.8) is 0 Å². The van der Waals surface area contributed by atoms with Gasteiger partial charge in [-0.15, -0.1) is 0 Å². The molecule has 0 saturated carbocycles. The van der Waals surface area contributed by atoms with Crippen LogP contribution in [0.5, 0.6) is 0 Å². The van der Waals surface area contributed by atoms with Gasteiger partial charge in [-0.1, -0.05) is 76.0 Å². The van der Waals surface area contributed by atoms with E-state index in [4.69, 9.17) is 0 Å². The first-order valence-electron chi connectivity index (χ1n) is 20.7. The number of allylic oxidation sites excluding steroid dienone is 10. The highest BCUT2D eigenvalue weighted by Gasteiger charge is 2.48. The summed E-state index contributed by atoms with van der Waals surface area (Å²) in [4.78, 5) is 12.2. The van der Waals surface area contributed by atoms with Crippen LogP contribution in [-0.4, -0.2) is 79.8 Å². The second-order valence-corrected chi connectivity index (χ2v) is 26.0. The van der Waals surface area contributed by atoms with E-state index in [-0.39, 0.29) is 44.2 Å². The highest BCUT2D eigenvalue weighted by molar-refractivity contribution is 14.1. The lowest BCUT2D eigenvalue weighted by molar-refractivity contribution is -0.137. The Labute approximate surface area is 423 Å². The van der Waals surface area contributed by atoms with Crippen molar-refractivity contribution in [2.24, 2.45) is 0 Å². The molecule has 5 N–H and O–H groups in total. The highest BCUT2D eigenvalue weighted by atomic mass is 127.